The molecule has 0 aromatic carbocycles. The van der Waals surface area contributed by atoms with Gasteiger partial charge >= 0.3 is 38.7 Å². The molecule has 0 aliphatic heterocycles. The van der Waals surface area contributed by atoms with E-state index in [-0.39, 0.29) is 29.6 Å². The molecule has 0 unspecified atom stereocenters. The van der Waals surface area contributed by atoms with Crippen molar-refractivity contribution in [1.82, 2.24) is 10.2 Å². The Morgan fingerprint density at radius 1 is 1.54 bits per heavy atom. The van der Waals surface area contributed by atoms with E-state index in [1.807, 2.05) is 26.0 Å². The van der Waals surface area contributed by atoms with Gasteiger partial charge in [0.15, 0.2) is 5.11 Å². The number of thiocarbonyl (C=S) groups is 1. The average molecular weight is 256 g/mol. The molecule has 2 N–H and O–H groups in total. The summed E-state index contributed by atoms with van der Waals surface area (Å²) < 4.78 is 25.5. The number of thiol groups is 1. The normalized spacial score (nSPS) is 8.69. The van der Waals surface area contributed by atoms with E-state index in [2.05, 4.69) is 17.0 Å². The minimum absolute atomic E-state index is 0. The summed E-state index contributed by atoms with van der Waals surface area (Å²) in [4.78, 5) is 1.84. The Balaban J connectivity index is -0.000000150. The third-order valence-corrected chi connectivity index (χ3v) is 1.19. The van der Waals surface area contributed by atoms with Crippen LogP contribution in [0.1, 0.15) is 0 Å². The predicted octanol–water partition coefficient (Wildman–Crippen LogP) is -0.877. The van der Waals surface area contributed by atoms with Crippen LogP contribution in [0.4, 0.5) is 0 Å². The van der Waals surface area contributed by atoms with Crippen LogP contribution in [0.2, 0.25) is 0 Å². The van der Waals surface area contributed by atoms with Crippen molar-refractivity contribution in [2.45, 2.75) is 0 Å². The first-order chi connectivity index (χ1) is 5.18. The third kappa shape index (κ3) is 32.1. The molecule has 0 aliphatic carbocycles. The second-order valence-electron chi connectivity index (χ2n) is 1.90. The number of nitrogens with one attached hydrogen (secondary N) is 1. The van der Waals surface area contributed by atoms with E-state index in [4.69, 9.17) is 25.2 Å². The van der Waals surface area contributed by atoms with Crippen molar-refractivity contribution in [2.75, 3.05) is 21.1 Å². The van der Waals surface area contributed by atoms with E-state index in [0.717, 1.165) is 5.11 Å². The Kier molecular flexibility index (Phi) is 14.3. The molecule has 0 aliphatic rings. The zero-order valence-corrected chi connectivity index (χ0v) is 9.50. The predicted molar refractivity (Wildman–Crippen MR) is 63.0 cm³/mol. The molecule has 9 heteroatoms. The van der Waals surface area contributed by atoms with Gasteiger partial charge in [0.2, 0.25) is 0 Å². The third-order valence-electron chi connectivity index (χ3n) is 0.620. The summed E-state index contributed by atoms with van der Waals surface area (Å²) in [5, 5.41) is 3.59. The van der Waals surface area contributed by atoms with Gasteiger partial charge in [-0.05, 0) is 23.9 Å². The monoisotopic (exact) mass is 256 g/mol. The number of hydrogen-bond donors (Lipinski definition) is 3. The minimum atomic E-state index is -3.97. The Hall–Kier alpha value is 0.950. The summed E-state index contributed by atoms with van der Waals surface area (Å²) in [6, 6.07) is 0. The average Bonchev–Trinajstić information content (AvgIpc) is 1.82. The van der Waals surface area contributed by atoms with Crippen molar-refractivity contribution in [1.29, 1.82) is 0 Å². The van der Waals surface area contributed by atoms with Crippen LogP contribution in [-0.2, 0) is 9.15 Å². The molecule has 5 nitrogen and oxygen atoms in total. The van der Waals surface area contributed by atoms with E-state index < -0.39 is 9.15 Å². The Labute approximate surface area is 111 Å². The molecule has 0 heterocycles. The number of hydrogen-bond acceptors (Lipinski definition) is 3. The van der Waals surface area contributed by atoms with Crippen LogP contribution in [0.5, 0.6) is 0 Å². The van der Waals surface area contributed by atoms with Crippen LogP contribution in [0.15, 0.2) is 0 Å². The summed E-state index contributed by atoms with van der Waals surface area (Å²) in [7, 11) is 1.64. The molecule has 76 valence electrons. The molecule has 0 aromatic heterocycles. The summed E-state index contributed by atoms with van der Waals surface area (Å²) >= 11 is 7.44. The van der Waals surface area contributed by atoms with Crippen LogP contribution < -0.4 is 5.32 Å². The van der Waals surface area contributed by atoms with Crippen LogP contribution in [0.25, 0.3) is 0 Å². The molecule has 0 radical (unpaired) electrons. The van der Waals surface area contributed by atoms with Crippen molar-refractivity contribution in [2.24, 2.45) is 0 Å². The van der Waals surface area contributed by atoms with Crippen molar-refractivity contribution < 1.29 is 13.0 Å². The van der Waals surface area contributed by atoms with Gasteiger partial charge < -0.3 is 10.2 Å². The summed E-state index contributed by atoms with van der Waals surface area (Å²) in [6.07, 6.45) is 0. The van der Waals surface area contributed by atoms with Gasteiger partial charge in [-0.1, -0.05) is 0 Å². The summed E-state index contributed by atoms with van der Waals surface area (Å²) in [5.41, 5.74) is 0. The topological polar surface area (TPSA) is 69.6 Å². The SMILES string of the molecule is CNC(=S)N(C)C.O=S(=O)(O)S.[NaH]. The van der Waals surface area contributed by atoms with Gasteiger partial charge in [0.05, 0.1) is 0 Å². The first-order valence-electron chi connectivity index (χ1n) is 2.77. The Bertz CT molecular complexity index is 221. The molecule has 0 amide bonds. The molecule has 0 atom stereocenters. The van der Waals surface area contributed by atoms with Gasteiger partial charge in [-0.25, -0.2) is 0 Å². The molecule has 13 heavy (non-hydrogen) atoms. The molecule has 0 aromatic rings. The maximum absolute atomic E-state index is 9.05. The molecular formula is C4H13N2NaO3S3. The van der Waals surface area contributed by atoms with Crippen molar-refractivity contribution in [3.63, 3.8) is 0 Å². The van der Waals surface area contributed by atoms with Crippen molar-refractivity contribution in [3.05, 3.63) is 0 Å². The Morgan fingerprint density at radius 3 is 1.77 bits per heavy atom. The van der Waals surface area contributed by atoms with Gasteiger partial charge in [0.25, 0.3) is 0 Å². The van der Waals surface area contributed by atoms with Gasteiger partial charge in [-0.3, -0.25) is 4.55 Å². The second-order valence-corrected chi connectivity index (χ2v) is 4.56. The second kappa shape index (κ2) is 9.50. The summed E-state index contributed by atoms with van der Waals surface area (Å²) in [6.45, 7) is 0. The van der Waals surface area contributed by atoms with Crippen LogP contribution in [0, 0.1) is 0 Å². The zero-order chi connectivity index (χ0) is 10.4. The van der Waals surface area contributed by atoms with E-state index in [1.54, 1.807) is 0 Å². The van der Waals surface area contributed by atoms with E-state index in [9.17, 15) is 0 Å². The van der Waals surface area contributed by atoms with Crippen molar-refractivity contribution in [3.8, 4) is 0 Å². The maximum atomic E-state index is 9.05. The van der Waals surface area contributed by atoms with Crippen LogP contribution >= 0.6 is 23.9 Å². The molecule has 0 saturated carbocycles. The van der Waals surface area contributed by atoms with Gasteiger partial charge in [0, 0.05) is 21.1 Å². The number of nitrogens with zero attached hydrogens (tertiary/aromatic N) is 1. The van der Waals surface area contributed by atoms with E-state index in [1.165, 1.54) is 0 Å². The molecule has 0 bridgehead atoms. The van der Waals surface area contributed by atoms with Gasteiger partial charge in [-0.15, -0.1) is 0 Å². The molecular weight excluding hydrogens is 243 g/mol. The van der Waals surface area contributed by atoms with Gasteiger partial charge in [0.1, 0.15) is 0 Å². The molecule has 0 saturated heterocycles. The molecule has 0 spiro atoms. The van der Waals surface area contributed by atoms with Gasteiger partial charge in [-0.2, -0.15) is 8.42 Å². The first kappa shape index (κ1) is 19.5. The summed E-state index contributed by atoms with van der Waals surface area (Å²) in [5.74, 6) is 0. The first-order valence-corrected chi connectivity index (χ1v) is 5.67. The molecule has 0 fully saturated rings. The number of rotatable bonds is 0. The van der Waals surface area contributed by atoms with Crippen molar-refractivity contribution >= 4 is 67.7 Å². The fraction of sp³-hybridized carbons (Fsp3) is 0.750. The Morgan fingerprint density at radius 2 is 1.77 bits per heavy atom. The zero-order valence-electron chi connectivity index (χ0n) is 6.97. The van der Waals surface area contributed by atoms with Crippen LogP contribution in [0.3, 0.4) is 0 Å². The quantitative estimate of drug-likeness (QED) is 0.172. The standard InChI is InChI=1S/C4H10N2S.Na.H2O3S2.H/c1-5-4(7)6(2)3;;1-5(2,3)4;/h1-3H3,(H,5,7);;(H2,1,2,3,4);. The fourth-order valence-electron chi connectivity index (χ4n) is 0.224. The van der Waals surface area contributed by atoms with E-state index >= 15 is 0 Å². The van der Waals surface area contributed by atoms with Crippen LogP contribution in [-0.4, -0.2) is 73.7 Å². The fourth-order valence-corrected chi connectivity index (χ4v) is 0.224. The van der Waals surface area contributed by atoms with E-state index in [0.29, 0.717) is 0 Å². The molecule has 0 rings (SSSR count).